The molecule has 1 saturated heterocycles. The predicted molar refractivity (Wildman–Crippen MR) is 117 cm³/mol. The van der Waals surface area contributed by atoms with Crippen LogP contribution < -0.4 is 0 Å². The first-order valence-electron chi connectivity index (χ1n) is 9.51. The van der Waals surface area contributed by atoms with Gasteiger partial charge in [0.2, 0.25) is 15.9 Å². The fourth-order valence-electron chi connectivity index (χ4n) is 3.25. The number of aryl methyl sites for hydroxylation is 1. The second kappa shape index (κ2) is 9.47. The first-order valence-corrected chi connectivity index (χ1v) is 11.7. The summed E-state index contributed by atoms with van der Waals surface area (Å²) in [6, 6.07) is 11.5. The number of carbonyl (C=O) groups excluding carboxylic acids is 2. The molecule has 1 amide bonds. The molecular formula is C21H22Cl2N2O4S. The van der Waals surface area contributed by atoms with Crippen LogP contribution in [0.5, 0.6) is 0 Å². The van der Waals surface area contributed by atoms with Crippen molar-refractivity contribution in [3.63, 3.8) is 0 Å². The normalized spacial score (nSPS) is 15.2. The van der Waals surface area contributed by atoms with Gasteiger partial charge in [0.1, 0.15) is 4.90 Å². The van der Waals surface area contributed by atoms with E-state index in [4.69, 9.17) is 23.2 Å². The molecule has 0 bridgehead atoms. The number of rotatable bonds is 6. The third-order valence-electron chi connectivity index (χ3n) is 5.04. The van der Waals surface area contributed by atoms with E-state index in [2.05, 4.69) is 0 Å². The van der Waals surface area contributed by atoms with Gasteiger partial charge in [-0.2, -0.15) is 4.31 Å². The Kier molecular flexibility index (Phi) is 7.18. The molecule has 1 heterocycles. The third kappa shape index (κ3) is 5.21. The van der Waals surface area contributed by atoms with Crippen molar-refractivity contribution in [1.82, 2.24) is 9.21 Å². The topological polar surface area (TPSA) is 74.8 Å². The minimum absolute atomic E-state index is 0.0415. The molecule has 0 unspecified atom stereocenters. The number of Topliss-reactive ketones (excluding diaryl/α,β-unsaturated/α-hetero) is 1. The van der Waals surface area contributed by atoms with Crippen molar-refractivity contribution in [3.8, 4) is 0 Å². The molecule has 0 saturated carbocycles. The molecule has 0 N–H and O–H groups in total. The number of ketones is 1. The van der Waals surface area contributed by atoms with Gasteiger partial charge in [-0.3, -0.25) is 9.59 Å². The number of piperazine rings is 1. The third-order valence-corrected chi connectivity index (χ3v) is 7.66. The van der Waals surface area contributed by atoms with Crippen LogP contribution in [0.1, 0.15) is 28.8 Å². The molecule has 0 aromatic heterocycles. The number of sulfonamides is 1. The van der Waals surface area contributed by atoms with Gasteiger partial charge in [0.05, 0.1) is 5.02 Å². The van der Waals surface area contributed by atoms with Crippen LogP contribution >= 0.6 is 23.2 Å². The first-order chi connectivity index (χ1) is 14.2. The van der Waals surface area contributed by atoms with Gasteiger partial charge in [0.25, 0.3) is 0 Å². The van der Waals surface area contributed by atoms with E-state index in [1.165, 1.54) is 22.5 Å². The summed E-state index contributed by atoms with van der Waals surface area (Å²) in [5.74, 6) is -0.242. The fraction of sp³-hybridized carbons (Fsp3) is 0.333. The molecule has 1 aliphatic heterocycles. The highest BCUT2D eigenvalue weighted by Gasteiger charge is 2.31. The van der Waals surface area contributed by atoms with Crippen LogP contribution in [0.25, 0.3) is 0 Å². The van der Waals surface area contributed by atoms with Gasteiger partial charge < -0.3 is 4.90 Å². The van der Waals surface area contributed by atoms with Gasteiger partial charge in [-0.05, 0) is 25.1 Å². The van der Waals surface area contributed by atoms with Gasteiger partial charge in [0.15, 0.2) is 5.78 Å². The van der Waals surface area contributed by atoms with E-state index < -0.39 is 10.0 Å². The number of halogens is 2. The second-order valence-corrected chi connectivity index (χ2v) is 9.90. The van der Waals surface area contributed by atoms with Crippen molar-refractivity contribution in [2.24, 2.45) is 0 Å². The second-order valence-electron chi connectivity index (χ2n) is 7.15. The quantitative estimate of drug-likeness (QED) is 0.604. The van der Waals surface area contributed by atoms with Crippen molar-refractivity contribution >= 4 is 44.9 Å². The van der Waals surface area contributed by atoms with E-state index in [1.54, 1.807) is 17.0 Å². The Morgan fingerprint density at radius 3 is 2.20 bits per heavy atom. The van der Waals surface area contributed by atoms with Crippen molar-refractivity contribution in [2.45, 2.75) is 24.7 Å². The van der Waals surface area contributed by atoms with E-state index in [-0.39, 0.29) is 65.7 Å². The largest absolute Gasteiger partial charge is 0.340 e. The predicted octanol–water partition coefficient (Wildman–Crippen LogP) is 3.80. The number of amides is 1. The molecule has 30 heavy (non-hydrogen) atoms. The minimum Gasteiger partial charge on any atom is -0.340 e. The number of hydrogen-bond acceptors (Lipinski definition) is 4. The smallest absolute Gasteiger partial charge is 0.244 e. The lowest BCUT2D eigenvalue weighted by molar-refractivity contribution is -0.132. The van der Waals surface area contributed by atoms with E-state index in [0.29, 0.717) is 5.56 Å². The molecule has 0 spiro atoms. The summed E-state index contributed by atoms with van der Waals surface area (Å²) in [6.45, 7) is 2.77. The molecule has 1 fully saturated rings. The fourth-order valence-corrected chi connectivity index (χ4v) is 5.41. The van der Waals surface area contributed by atoms with Crippen molar-refractivity contribution in [1.29, 1.82) is 0 Å². The summed E-state index contributed by atoms with van der Waals surface area (Å²) in [5, 5.41) is 0.387. The first kappa shape index (κ1) is 22.7. The number of nitrogens with zero attached hydrogens (tertiary/aromatic N) is 2. The maximum Gasteiger partial charge on any atom is 0.244 e. The van der Waals surface area contributed by atoms with Gasteiger partial charge in [0, 0.05) is 49.6 Å². The average Bonchev–Trinajstić information content (AvgIpc) is 2.74. The van der Waals surface area contributed by atoms with E-state index in [1.807, 2.05) is 19.1 Å². The molecule has 2 aromatic carbocycles. The monoisotopic (exact) mass is 468 g/mol. The molecule has 9 heteroatoms. The molecular weight excluding hydrogens is 447 g/mol. The van der Waals surface area contributed by atoms with Gasteiger partial charge in [-0.1, -0.05) is 53.0 Å². The maximum absolute atomic E-state index is 12.9. The molecule has 0 aliphatic carbocycles. The number of carbonyl (C=O) groups is 2. The van der Waals surface area contributed by atoms with Crippen LogP contribution in [-0.4, -0.2) is 55.5 Å². The average molecular weight is 469 g/mol. The summed E-state index contributed by atoms with van der Waals surface area (Å²) in [6.07, 6.45) is 0.220. The van der Waals surface area contributed by atoms with Crippen LogP contribution in [-0.2, 0) is 14.8 Å². The molecule has 1 aliphatic rings. The van der Waals surface area contributed by atoms with Crippen molar-refractivity contribution in [3.05, 3.63) is 63.6 Å². The Morgan fingerprint density at radius 1 is 0.933 bits per heavy atom. The van der Waals surface area contributed by atoms with E-state index >= 15 is 0 Å². The summed E-state index contributed by atoms with van der Waals surface area (Å²) in [5.41, 5.74) is 1.65. The zero-order valence-corrected chi connectivity index (χ0v) is 18.8. The molecule has 2 aromatic rings. The van der Waals surface area contributed by atoms with Crippen LogP contribution in [0.4, 0.5) is 0 Å². The maximum atomic E-state index is 12.9. The number of hydrogen-bond donors (Lipinski definition) is 0. The highest BCUT2D eigenvalue weighted by molar-refractivity contribution is 7.89. The summed E-state index contributed by atoms with van der Waals surface area (Å²) < 4.78 is 27.0. The Hall–Kier alpha value is -1.93. The molecule has 160 valence electrons. The molecule has 0 radical (unpaired) electrons. The summed E-state index contributed by atoms with van der Waals surface area (Å²) >= 11 is 12.0. The molecule has 3 rings (SSSR count). The highest BCUT2D eigenvalue weighted by atomic mass is 35.5. The Balaban J connectivity index is 1.55. The van der Waals surface area contributed by atoms with Crippen LogP contribution in [0, 0.1) is 6.92 Å². The van der Waals surface area contributed by atoms with E-state index in [0.717, 1.165) is 5.56 Å². The van der Waals surface area contributed by atoms with E-state index in [9.17, 15) is 18.0 Å². The Labute approximate surface area is 186 Å². The van der Waals surface area contributed by atoms with Crippen LogP contribution in [0.15, 0.2) is 47.4 Å². The Morgan fingerprint density at radius 2 is 1.57 bits per heavy atom. The zero-order valence-electron chi connectivity index (χ0n) is 16.5. The molecule has 0 atom stereocenters. The minimum atomic E-state index is -3.80. The lowest BCUT2D eigenvalue weighted by atomic mass is 10.0. The SMILES string of the molecule is Cc1ccc(C(=O)CCC(=O)N2CCN(S(=O)(=O)c3cc(Cl)ccc3Cl)CC2)cc1. The standard InChI is InChI=1S/C21H22Cl2N2O4S/c1-15-2-4-16(5-3-15)19(26)8-9-21(27)24-10-12-25(13-11-24)30(28,29)20-14-17(22)6-7-18(20)23/h2-7,14H,8-13H2,1H3. The van der Waals surface area contributed by atoms with Gasteiger partial charge in [-0.15, -0.1) is 0 Å². The zero-order chi connectivity index (χ0) is 21.9. The summed E-state index contributed by atoms with van der Waals surface area (Å²) in [4.78, 5) is 26.3. The van der Waals surface area contributed by atoms with Crippen molar-refractivity contribution in [2.75, 3.05) is 26.2 Å². The van der Waals surface area contributed by atoms with Gasteiger partial charge >= 0.3 is 0 Å². The van der Waals surface area contributed by atoms with Crippen LogP contribution in [0.3, 0.4) is 0 Å². The van der Waals surface area contributed by atoms with Gasteiger partial charge in [-0.25, -0.2) is 8.42 Å². The highest BCUT2D eigenvalue weighted by Crippen LogP contribution is 2.28. The lowest BCUT2D eigenvalue weighted by Gasteiger charge is -2.34. The lowest BCUT2D eigenvalue weighted by Crippen LogP contribution is -2.50. The summed E-state index contributed by atoms with van der Waals surface area (Å²) in [7, 11) is -3.80. The Bertz CT molecular complexity index is 1050. The van der Waals surface area contributed by atoms with Crippen LogP contribution in [0.2, 0.25) is 10.0 Å². The molecule has 6 nitrogen and oxygen atoms in total. The number of benzene rings is 2. The van der Waals surface area contributed by atoms with Crippen molar-refractivity contribution < 1.29 is 18.0 Å².